The molecule has 2 aromatic rings. The van der Waals surface area contributed by atoms with Crippen molar-refractivity contribution in [3.63, 3.8) is 0 Å². The molecule has 170 valence electrons. The van der Waals surface area contributed by atoms with E-state index in [1.807, 2.05) is 6.20 Å². The molecule has 2 N–H and O–H groups in total. The summed E-state index contributed by atoms with van der Waals surface area (Å²) >= 11 is 0. The highest BCUT2D eigenvalue weighted by Gasteiger charge is 2.35. The third-order valence-corrected chi connectivity index (χ3v) is 7.81. The standard InChI is InChI=1S/C22H32N4O4S/c1-31(27,28)25-19-3-2-8-26-9-10-29-22-12-20-16(13-23-24-20)11-18(22)15-4-6-17(7-5-15)30-14-21(19)26/h11-13,15,17,19,21,25H,2-10,14H2,1H3,(H,23,24)/t15?,17?,19-,21-/m0/s1. The van der Waals surface area contributed by atoms with Crippen molar-refractivity contribution in [2.45, 2.75) is 62.6 Å². The first-order valence-electron chi connectivity index (χ1n) is 11.4. The van der Waals surface area contributed by atoms with Gasteiger partial charge < -0.3 is 9.47 Å². The van der Waals surface area contributed by atoms with E-state index in [0.29, 0.717) is 19.1 Å². The minimum absolute atomic E-state index is 0.0279. The summed E-state index contributed by atoms with van der Waals surface area (Å²) < 4.78 is 39.5. The number of hydrogen-bond acceptors (Lipinski definition) is 6. The van der Waals surface area contributed by atoms with E-state index in [4.69, 9.17) is 9.47 Å². The van der Waals surface area contributed by atoms with Gasteiger partial charge in [-0.2, -0.15) is 5.10 Å². The van der Waals surface area contributed by atoms with Gasteiger partial charge in [-0.15, -0.1) is 0 Å². The first-order chi connectivity index (χ1) is 15.0. The van der Waals surface area contributed by atoms with Gasteiger partial charge in [0.2, 0.25) is 10.0 Å². The number of nitrogens with zero attached hydrogens (tertiary/aromatic N) is 2. The van der Waals surface area contributed by atoms with E-state index in [2.05, 4.69) is 32.0 Å². The molecule has 1 aromatic heterocycles. The molecule has 3 aliphatic heterocycles. The number of hydrogen-bond donors (Lipinski definition) is 2. The largest absolute Gasteiger partial charge is 0.492 e. The molecule has 2 atom stereocenters. The average molecular weight is 449 g/mol. The summed E-state index contributed by atoms with van der Waals surface area (Å²) in [6, 6.07) is 4.22. The first-order valence-corrected chi connectivity index (χ1v) is 13.3. The maximum Gasteiger partial charge on any atom is 0.209 e. The number of sulfonamides is 1. The van der Waals surface area contributed by atoms with Crippen LogP contribution in [-0.4, -0.2) is 74.3 Å². The zero-order valence-corrected chi connectivity index (χ0v) is 18.9. The van der Waals surface area contributed by atoms with Crippen molar-refractivity contribution in [1.82, 2.24) is 19.8 Å². The molecular weight excluding hydrogens is 416 g/mol. The molecule has 0 spiro atoms. The number of rotatable bonds is 2. The molecule has 1 aromatic carbocycles. The summed E-state index contributed by atoms with van der Waals surface area (Å²) in [6.45, 7) is 2.79. The highest BCUT2D eigenvalue weighted by Crippen LogP contribution is 2.40. The number of aromatic nitrogens is 2. The number of piperidine rings is 1. The summed E-state index contributed by atoms with van der Waals surface area (Å²) in [5.74, 6) is 1.41. The molecule has 2 fully saturated rings. The summed E-state index contributed by atoms with van der Waals surface area (Å²) in [7, 11) is -3.27. The lowest BCUT2D eigenvalue weighted by Gasteiger charge is -2.41. The van der Waals surface area contributed by atoms with Gasteiger partial charge in [0.05, 0.1) is 30.7 Å². The first kappa shape index (κ1) is 21.2. The molecule has 31 heavy (non-hydrogen) atoms. The smallest absolute Gasteiger partial charge is 0.209 e. The summed E-state index contributed by atoms with van der Waals surface area (Å²) in [5, 5.41) is 8.36. The van der Waals surface area contributed by atoms with E-state index in [1.54, 1.807) is 0 Å². The van der Waals surface area contributed by atoms with E-state index >= 15 is 0 Å². The Balaban J connectivity index is 1.42. The Morgan fingerprint density at radius 2 is 2.00 bits per heavy atom. The molecule has 2 bridgehead atoms. The number of ether oxygens (including phenoxy) is 2. The second-order valence-corrected chi connectivity index (χ2v) is 11.0. The molecule has 1 saturated heterocycles. The van der Waals surface area contributed by atoms with Gasteiger partial charge in [0.25, 0.3) is 0 Å². The topological polar surface area (TPSA) is 96.6 Å². The molecule has 0 radical (unpaired) electrons. The summed E-state index contributed by atoms with van der Waals surface area (Å²) in [6.07, 6.45) is 9.33. The zero-order chi connectivity index (χ0) is 21.4. The quantitative estimate of drug-likeness (QED) is 0.732. The van der Waals surface area contributed by atoms with Gasteiger partial charge >= 0.3 is 0 Å². The number of fused-ring (bicyclic) bond motifs is 6. The van der Waals surface area contributed by atoms with Gasteiger partial charge in [-0.1, -0.05) is 0 Å². The van der Waals surface area contributed by atoms with Crippen LogP contribution in [0.15, 0.2) is 18.3 Å². The van der Waals surface area contributed by atoms with Gasteiger partial charge in [0.1, 0.15) is 12.4 Å². The van der Waals surface area contributed by atoms with Crippen molar-refractivity contribution in [2.24, 2.45) is 0 Å². The van der Waals surface area contributed by atoms with Crippen LogP contribution in [0, 0.1) is 0 Å². The fourth-order valence-electron chi connectivity index (χ4n) is 5.52. The van der Waals surface area contributed by atoms with Crippen molar-refractivity contribution < 1.29 is 17.9 Å². The van der Waals surface area contributed by atoms with Crippen molar-refractivity contribution in [3.8, 4) is 5.75 Å². The molecule has 6 rings (SSSR count). The number of nitrogens with one attached hydrogen (secondary N) is 2. The highest BCUT2D eigenvalue weighted by molar-refractivity contribution is 7.88. The number of H-pyrrole nitrogens is 1. The van der Waals surface area contributed by atoms with E-state index in [-0.39, 0.29) is 18.2 Å². The normalized spacial score (nSPS) is 30.5. The van der Waals surface area contributed by atoms with Crippen LogP contribution in [0.1, 0.15) is 50.0 Å². The molecule has 4 heterocycles. The van der Waals surface area contributed by atoms with Crippen LogP contribution in [-0.2, 0) is 14.8 Å². The Kier molecular flexibility index (Phi) is 5.94. The number of aromatic amines is 1. The van der Waals surface area contributed by atoms with Crippen molar-refractivity contribution >= 4 is 20.9 Å². The molecule has 9 heteroatoms. The Hall–Kier alpha value is -1.68. The fraction of sp³-hybridized carbons (Fsp3) is 0.682. The van der Waals surface area contributed by atoms with Crippen LogP contribution in [0.5, 0.6) is 5.75 Å². The average Bonchev–Trinajstić information content (AvgIpc) is 3.19. The minimum Gasteiger partial charge on any atom is -0.492 e. The SMILES string of the molecule is CS(=O)(=O)N[C@H]1CCCN2CCOc3cc4[nH]ncc4cc3C3CCC(CC3)OC[C@@H]12. The van der Waals surface area contributed by atoms with Crippen LogP contribution < -0.4 is 9.46 Å². The molecule has 0 amide bonds. The van der Waals surface area contributed by atoms with Gasteiger partial charge in [0, 0.05) is 30.1 Å². The van der Waals surface area contributed by atoms with Crippen LogP contribution in [0.3, 0.4) is 0 Å². The van der Waals surface area contributed by atoms with Gasteiger partial charge in [-0.3, -0.25) is 10.00 Å². The van der Waals surface area contributed by atoms with Gasteiger partial charge in [-0.05, 0) is 62.6 Å². The van der Waals surface area contributed by atoms with Crippen molar-refractivity contribution in [1.29, 1.82) is 0 Å². The van der Waals surface area contributed by atoms with E-state index in [1.165, 1.54) is 11.8 Å². The van der Waals surface area contributed by atoms with Gasteiger partial charge in [0.15, 0.2) is 0 Å². The lowest BCUT2D eigenvalue weighted by atomic mass is 9.82. The van der Waals surface area contributed by atoms with Crippen molar-refractivity contribution in [3.05, 3.63) is 23.9 Å². The molecule has 1 saturated carbocycles. The second kappa shape index (κ2) is 8.69. The molecule has 1 aliphatic carbocycles. The molecular formula is C22H32N4O4S. The molecule has 0 unspecified atom stereocenters. The predicted molar refractivity (Wildman–Crippen MR) is 119 cm³/mol. The maximum absolute atomic E-state index is 11.9. The molecule has 4 aliphatic rings. The van der Waals surface area contributed by atoms with Crippen LogP contribution in [0.4, 0.5) is 0 Å². The lowest BCUT2D eigenvalue weighted by molar-refractivity contribution is -0.0284. The predicted octanol–water partition coefficient (Wildman–Crippen LogP) is 2.38. The van der Waals surface area contributed by atoms with Gasteiger partial charge in [-0.25, -0.2) is 13.1 Å². The summed E-state index contributed by atoms with van der Waals surface area (Å²) in [4.78, 5) is 2.34. The van der Waals surface area contributed by atoms with E-state index < -0.39 is 10.0 Å². The highest BCUT2D eigenvalue weighted by atomic mass is 32.2. The van der Waals surface area contributed by atoms with Crippen molar-refractivity contribution in [2.75, 3.05) is 32.6 Å². The Labute approximate surface area is 183 Å². The van der Waals surface area contributed by atoms with Crippen LogP contribution in [0.2, 0.25) is 0 Å². The van der Waals surface area contributed by atoms with Crippen LogP contribution in [0.25, 0.3) is 10.9 Å². The minimum atomic E-state index is -3.27. The fourth-order valence-corrected chi connectivity index (χ4v) is 6.34. The van der Waals surface area contributed by atoms with Crippen LogP contribution >= 0.6 is 0 Å². The summed E-state index contributed by atoms with van der Waals surface area (Å²) in [5.41, 5.74) is 2.27. The Morgan fingerprint density at radius 1 is 1.16 bits per heavy atom. The third-order valence-electron chi connectivity index (χ3n) is 7.08. The zero-order valence-electron chi connectivity index (χ0n) is 18.0. The Morgan fingerprint density at radius 3 is 2.81 bits per heavy atom. The molecule has 8 nitrogen and oxygen atoms in total. The second-order valence-electron chi connectivity index (χ2n) is 9.24. The lowest BCUT2D eigenvalue weighted by Crippen LogP contribution is -2.58. The Bertz CT molecular complexity index is 1020. The van der Waals surface area contributed by atoms with E-state index in [9.17, 15) is 8.42 Å². The number of benzene rings is 1. The van der Waals surface area contributed by atoms with E-state index in [0.717, 1.165) is 68.3 Å². The monoisotopic (exact) mass is 448 g/mol. The third kappa shape index (κ3) is 4.74. The maximum atomic E-state index is 11.9.